The van der Waals surface area contributed by atoms with Crippen molar-refractivity contribution in [3.63, 3.8) is 0 Å². The smallest absolute Gasteiger partial charge is 0.226 e. The highest BCUT2D eigenvalue weighted by atomic mass is 35.5. The molecule has 0 aliphatic heterocycles. The standard InChI is InChI=1S/C20H23ClN2O2/c1-13-6-5-7-19(15(13)3)23(16(4)24)11-10-20(25)22-18-12-17(21)9-8-14(18)2/h5-9,12H,10-11H2,1-4H3,(H,22,25). The molecule has 0 atom stereocenters. The molecule has 0 spiro atoms. The van der Waals surface area contributed by atoms with Crippen LogP contribution in [0.4, 0.5) is 11.4 Å². The molecule has 5 heteroatoms. The van der Waals surface area contributed by atoms with Crippen molar-refractivity contribution in [1.29, 1.82) is 0 Å². The highest BCUT2D eigenvalue weighted by Gasteiger charge is 2.16. The van der Waals surface area contributed by atoms with Crippen molar-refractivity contribution in [2.75, 3.05) is 16.8 Å². The third-order valence-corrected chi connectivity index (χ3v) is 4.52. The van der Waals surface area contributed by atoms with E-state index in [1.165, 1.54) is 6.92 Å². The predicted octanol–water partition coefficient (Wildman–Crippen LogP) is 4.65. The number of nitrogens with one attached hydrogen (secondary N) is 1. The summed E-state index contributed by atoms with van der Waals surface area (Å²) in [6.45, 7) is 7.73. The summed E-state index contributed by atoms with van der Waals surface area (Å²) in [5, 5.41) is 3.43. The third kappa shape index (κ3) is 4.83. The van der Waals surface area contributed by atoms with E-state index < -0.39 is 0 Å². The average Bonchev–Trinajstić information content (AvgIpc) is 2.54. The fraction of sp³-hybridized carbons (Fsp3) is 0.300. The minimum atomic E-state index is -0.151. The van der Waals surface area contributed by atoms with Crippen molar-refractivity contribution in [3.8, 4) is 0 Å². The molecule has 0 radical (unpaired) electrons. The van der Waals surface area contributed by atoms with E-state index in [1.807, 2.05) is 45.0 Å². The van der Waals surface area contributed by atoms with Crippen LogP contribution in [-0.2, 0) is 9.59 Å². The van der Waals surface area contributed by atoms with E-state index in [1.54, 1.807) is 17.0 Å². The second-order valence-electron chi connectivity index (χ2n) is 6.15. The Bertz CT molecular complexity index is 802. The van der Waals surface area contributed by atoms with Crippen LogP contribution in [0.5, 0.6) is 0 Å². The van der Waals surface area contributed by atoms with Crippen molar-refractivity contribution in [1.82, 2.24) is 0 Å². The molecular weight excluding hydrogens is 336 g/mol. The van der Waals surface area contributed by atoms with E-state index in [9.17, 15) is 9.59 Å². The molecule has 2 aromatic carbocycles. The maximum atomic E-state index is 12.3. The third-order valence-electron chi connectivity index (χ3n) is 4.28. The number of hydrogen-bond donors (Lipinski definition) is 1. The summed E-state index contributed by atoms with van der Waals surface area (Å²) >= 11 is 5.98. The molecule has 0 saturated heterocycles. The lowest BCUT2D eigenvalue weighted by Crippen LogP contribution is -2.32. The summed E-state index contributed by atoms with van der Waals surface area (Å²) in [4.78, 5) is 26.0. The zero-order chi connectivity index (χ0) is 18.6. The number of benzene rings is 2. The minimum Gasteiger partial charge on any atom is -0.326 e. The highest BCUT2D eigenvalue weighted by molar-refractivity contribution is 6.31. The van der Waals surface area contributed by atoms with Crippen LogP contribution in [0.1, 0.15) is 30.0 Å². The van der Waals surface area contributed by atoms with Crippen LogP contribution < -0.4 is 10.2 Å². The molecule has 2 amide bonds. The summed E-state index contributed by atoms with van der Waals surface area (Å²) in [6, 6.07) is 11.2. The van der Waals surface area contributed by atoms with E-state index >= 15 is 0 Å². The topological polar surface area (TPSA) is 49.4 Å². The van der Waals surface area contributed by atoms with Crippen molar-refractivity contribution in [2.45, 2.75) is 34.1 Å². The van der Waals surface area contributed by atoms with Crippen LogP contribution in [0.15, 0.2) is 36.4 Å². The van der Waals surface area contributed by atoms with Gasteiger partial charge in [0, 0.05) is 36.3 Å². The maximum absolute atomic E-state index is 12.3. The lowest BCUT2D eigenvalue weighted by molar-refractivity contribution is -0.117. The lowest BCUT2D eigenvalue weighted by atomic mass is 10.1. The maximum Gasteiger partial charge on any atom is 0.226 e. The van der Waals surface area contributed by atoms with Gasteiger partial charge in [-0.1, -0.05) is 29.8 Å². The van der Waals surface area contributed by atoms with Crippen molar-refractivity contribution in [2.24, 2.45) is 0 Å². The molecule has 0 aromatic heterocycles. The Labute approximate surface area is 153 Å². The number of carbonyl (C=O) groups is 2. The van der Waals surface area contributed by atoms with Crippen molar-refractivity contribution < 1.29 is 9.59 Å². The Morgan fingerprint density at radius 1 is 1.08 bits per heavy atom. The zero-order valence-corrected chi connectivity index (χ0v) is 15.8. The quantitative estimate of drug-likeness (QED) is 0.845. The molecule has 0 aliphatic carbocycles. The van der Waals surface area contributed by atoms with Gasteiger partial charge in [-0.3, -0.25) is 9.59 Å². The van der Waals surface area contributed by atoms with Gasteiger partial charge in [0.05, 0.1) is 0 Å². The van der Waals surface area contributed by atoms with Gasteiger partial charge in [0.15, 0.2) is 0 Å². The number of halogens is 1. The molecule has 1 N–H and O–H groups in total. The summed E-state index contributed by atoms with van der Waals surface area (Å²) in [6.07, 6.45) is 0.207. The van der Waals surface area contributed by atoms with Gasteiger partial charge < -0.3 is 10.2 Å². The van der Waals surface area contributed by atoms with Gasteiger partial charge in [-0.05, 0) is 55.7 Å². The second-order valence-corrected chi connectivity index (χ2v) is 6.58. The SMILES string of the molecule is CC(=O)N(CCC(=O)Nc1cc(Cl)ccc1C)c1cccc(C)c1C. The number of amides is 2. The predicted molar refractivity (Wildman–Crippen MR) is 103 cm³/mol. The molecule has 2 rings (SSSR count). The van der Waals surface area contributed by atoms with Gasteiger partial charge in [0.1, 0.15) is 0 Å². The summed E-state index contributed by atoms with van der Waals surface area (Å²) < 4.78 is 0. The monoisotopic (exact) mass is 358 g/mol. The first-order valence-electron chi connectivity index (χ1n) is 8.20. The van der Waals surface area contributed by atoms with Crippen LogP contribution in [0.2, 0.25) is 5.02 Å². The van der Waals surface area contributed by atoms with E-state index in [2.05, 4.69) is 5.32 Å². The molecule has 2 aromatic rings. The van der Waals surface area contributed by atoms with Gasteiger partial charge in [0.25, 0.3) is 0 Å². The summed E-state index contributed by atoms with van der Waals surface area (Å²) in [5.41, 5.74) is 4.64. The number of rotatable bonds is 5. The van der Waals surface area contributed by atoms with E-state index in [-0.39, 0.29) is 18.2 Å². The zero-order valence-electron chi connectivity index (χ0n) is 15.0. The molecule has 0 unspecified atom stereocenters. The first-order valence-corrected chi connectivity index (χ1v) is 8.57. The molecular formula is C20H23ClN2O2. The van der Waals surface area contributed by atoms with Crippen LogP contribution in [-0.4, -0.2) is 18.4 Å². The molecule has 4 nitrogen and oxygen atoms in total. The first-order chi connectivity index (χ1) is 11.8. The molecule has 132 valence electrons. The number of carbonyl (C=O) groups excluding carboxylic acids is 2. The Hall–Kier alpha value is -2.33. The molecule has 0 aliphatic rings. The van der Waals surface area contributed by atoms with Crippen molar-refractivity contribution in [3.05, 3.63) is 58.1 Å². The summed E-state index contributed by atoms with van der Waals surface area (Å²) in [7, 11) is 0. The lowest BCUT2D eigenvalue weighted by Gasteiger charge is -2.24. The van der Waals surface area contributed by atoms with Gasteiger partial charge in [-0.15, -0.1) is 0 Å². The number of hydrogen-bond acceptors (Lipinski definition) is 2. The molecule has 0 fully saturated rings. The van der Waals surface area contributed by atoms with Crippen LogP contribution >= 0.6 is 11.6 Å². The second kappa shape index (κ2) is 8.17. The first kappa shape index (κ1) is 19.0. The van der Waals surface area contributed by atoms with E-state index in [0.717, 1.165) is 22.4 Å². The van der Waals surface area contributed by atoms with Gasteiger partial charge in [0.2, 0.25) is 11.8 Å². The average molecular weight is 359 g/mol. The van der Waals surface area contributed by atoms with E-state index in [0.29, 0.717) is 17.3 Å². The van der Waals surface area contributed by atoms with Crippen LogP contribution in [0.3, 0.4) is 0 Å². The normalized spacial score (nSPS) is 10.4. The van der Waals surface area contributed by atoms with Crippen LogP contribution in [0, 0.1) is 20.8 Å². The minimum absolute atomic E-state index is 0.0829. The van der Waals surface area contributed by atoms with Crippen molar-refractivity contribution >= 4 is 34.8 Å². The highest BCUT2D eigenvalue weighted by Crippen LogP contribution is 2.24. The molecule has 25 heavy (non-hydrogen) atoms. The summed E-state index contributed by atoms with van der Waals surface area (Å²) in [5.74, 6) is -0.234. The number of anilines is 2. The molecule has 0 bridgehead atoms. The number of nitrogens with zero attached hydrogens (tertiary/aromatic N) is 1. The fourth-order valence-electron chi connectivity index (χ4n) is 2.63. The molecule has 0 heterocycles. The van der Waals surface area contributed by atoms with Gasteiger partial charge in [-0.2, -0.15) is 0 Å². The Morgan fingerprint density at radius 2 is 1.80 bits per heavy atom. The number of aryl methyl sites for hydroxylation is 2. The van der Waals surface area contributed by atoms with Crippen LogP contribution in [0.25, 0.3) is 0 Å². The Balaban J connectivity index is 2.08. The Kier molecular flexibility index (Phi) is 6.21. The Morgan fingerprint density at radius 3 is 2.48 bits per heavy atom. The van der Waals surface area contributed by atoms with E-state index in [4.69, 9.17) is 11.6 Å². The largest absolute Gasteiger partial charge is 0.326 e. The fourth-order valence-corrected chi connectivity index (χ4v) is 2.80. The molecule has 0 saturated carbocycles. The van der Waals surface area contributed by atoms with Gasteiger partial charge in [-0.25, -0.2) is 0 Å². The van der Waals surface area contributed by atoms with Gasteiger partial charge >= 0.3 is 0 Å².